The Morgan fingerprint density at radius 1 is 1.03 bits per heavy atom. The van der Waals surface area contributed by atoms with Gasteiger partial charge in [0.1, 0.15) is 17.9 Å². The third kappa shape index (κ3) is 5.07. The summed E-state index contributed by atoms with van der Waals surface area (Å²) in [7, 11) is 3.29. The summed E-state index contributed by atoms with van der Waals surface area (Å²) in [6.45, 7) is 5.12. The van der Waals surface area contributed by atoms with Crippen molar-refractivity contribution in [3.63, 3.8) is 0 Å². The van der Waals surface area contributed by atoms with Crippen molar-refractivity contribution in [2.45, 2.75) is 0 Å². The lowest BCUT2D eigenvalue weighted by molar-refractivity contribution is 0.0322. The quantitative estimate of drug-likeness (QED) is 0.211. The lowest BCUT2D eigenvalue weighted by atomic mass is 10.0. The molecule has 0 radical (unpaired) electrons. The van der Waals surface area contributed by atoms with Crippen molar-refractivity contribution in [1.29, 1.82) is 0 Å². The Morgan fingerprint density at radius 2 is 1.82 bits per heavy atom. The summed E-state index contributed by atoms with van der Waals surface area (Å²) in [5.41, 5.74) is 5.69. The van der Waals surface area contributed by atoms with Gasteiger partial charge >= 0.3 is 0 Å². The number of ether oxygens (including phenoxy) is 2. The molecule has 0 bridgehead atoms. The third-order valence-corrected chi connectivity index (χ3v) is 8.72. The Morgan fingerprint density at radius 3 is 2.61 bits per heavy atom. The molecule has 0 N–H and O–H groups in total. The average Bonchev–Trinajstić information content (AvgIpc) is 3.40. The number of fused-ring (bicyclic) bond motifs is 2. The van der Waals surface area contributed by atoms with Crippen molar-refractivity contribution in [3.8, 4) is 28.1 Å². The van der Waals surface area contributed by atoms with E-state index in [1.54, 1.807) is 11.6 Å². The Bertz CT molecular complexity index is 1660. The molecule has 0 unspecified atom stereocenters. The van der Waals surface area contributed by atoms with Crippen LogP contribution >= 0.6 is 30.3 Å². The number of pyridine rings is 2. The van der Waals surface area contributed by atoms with E-state index in [1.165, 1.54) is 9.12 Å². The molecule has 6 rings (SSSR count). The van der Waals surface area contributed by atoms with Gasteiger partial charge in [-0.05, 0) is 54.1 Å². The minimum absolute atomic E-state index is 0.00136. The van der Waals surface area contributed by atoms with Crippen molar-refractivity contribution in [2.24, 2.45) is 7.05 Å². The van der Waals surface area contributed by atoms with Crippen molar-refractivity contribution in [2.75, 3.05) is 39.5 Å². The van der Waals surface area contributed by atoms with Gasteiger partial charge in [0, 0.05) is 91.3 Å². The highest BCUT2D eigenvalue weighted by molar-refractivity contribution is 14.2. The van der Waals surface area contributed by atoms with Gasteiger partial charge in [0.05, 0.1) is 24.4 Å². The van der Waals surface area contributed by atoms with Gasteiger partial charge in [-0.25, -0.2) is 4.98 Å². The van der Waals surface area contributed by atoms with E-state index in [2.05, 4.69) is 68.6 Å². The van der Waals surface area contributed by atoms with Gasteiger partial charge in [-0.3, -0.25) is 13.7 Å². The molecule has 9 heteroatoms. The van der Waals surface area contributed by atoms with E-state index in [1.807, 2.05) is 34.6 Å². The predicted octanol–water partition coefficient (Wildman–Crippen LogP) is 5.78. The summed E-state index contributed by atoms with van der Waals surface area (Å²) in [6, 6.07) is 20.6. The van der Waals surface area contributed by atoms with Gasteiger partial charge in [0.2, 0.25) is 0 Å². The fraction of sp³-hybridized carbons (Fsp3) is 0.241. The molecule has 1 aliphatic heterocycles. The molecule has 0 amide bonds. The zero-order valence-electron chi connectivity index (χ0n) is 21.0. The zero-order chi connectivity index (χ0) is 26.1. The predicted molar refractivity (Wildman–Crippen MR) is 163 cm³/mol. The highest BCUT2D eigenvalue weighted by Crippen LogP contribution is 2.32. The molecule has 0 saturated carbocycles. The number of nitrogens with zero attached hydrogens (tertiary/aromatic N) is 4. The minimum atomic E-state index is -0.00136. The van der Waals surface area contributed by atoms with E-state index in [0.717, 1.165) is 77.3 Å². The van der Waals surface area contributed by atoms with E-state index < -0.39 is 0 Å². The first-order chi connectivity index (χ1) is 18.6. The molecule has 38 heavy (non-hydrogen) atoms. The van der Waals surface area contributed by atoms with Crippen LogP contribution in [0.3, 0.4) is 0 Å². The second kappa shape index (κ2) is 11.1. The Balaban J connectivity index is 1.22. The van der Waals surface area contributed by atoms with E-state index in [0.29, 0.717) is 12.1 Å². The molecule has 3 aromatic heterocycles. The van der Waals surface area contributed by atoms with Gasteiger partial charge in [-0.15, -0.1) is 0 Å². The number of hydrogen-bond acceptors (Lipinski definition) is 6. The summed E-state index contributed by atoms with van der Waals surface area (Å²) >= 11 is 2.20. The second-order valence-electron chi connectivity index (χ2n) is 9.36. The number of morpholine rings is 1. The second-order valence-corrected chi connectivity index (χ2v) is 11.1. The number of halogens is 1. The molecule has 0 spiro atoms. The van der Waals surface area contributed by atoms with Gasteiger partial charge in [0.15, 0.2) is 0 Å². The molecular weight excluding hydrogens is 611 g/mol. The minimum Gasteiger partial charge on any atom is -0.492 e. The van der Waals surface area contributed by atoms with Crippen LogP contribution in [-0.4, -0.2) is 57.9 Å². The fourth-order valence-electron chi connectivity index (χ4n) is 4.91. The SMILES string of the molecule is Cn1cc(-c2ccc3nc(-c4ccc(OCCN5CCOCC5)cc4)ccc3c2)c2ccn(SI)c2c1=O. The van der Waals surface area contributed by atoms with Gasteiger partial charge in [-0.2, -0.15) is 0 Å². The first kappa shape index (κ1) is 25.4. The van der Waals surface area contributed by atoms with Gasteiger partial charge in [0.25, 0.3) is 5.56 Å². The van der Waals surface area contributed by atoms with Crippen LogP contribution in [0.15, 0.2) is 77.9 Å². The van der Waals surface area contributed by atoms with Crippen molar-refractivity contribution in [1.82, 2.24) is 18.4 Å². The maximum atomic E-state index is 12.8. The van der Waals surface area contributed by atoms with Crippen LogP contribution in [0.1, 0.15) is 0 Å². The number of hydrogen-bond donors (Lipinski definition) is 0. The molecule has 1 fully saturated rings. The van der Waals surface area contributed by atoms with Crippen LogP contribution in [0.2, 0.25) is 0 Å². The van der Waals surface area contributed by atoms with E-state index >= 15 is 0 Å². The molecule has 2 aromatic carbocycles. The molecule has 0 aliphatic carbocycles. The first-order valence-corrected chi connectivity index (χ1v) is 15.9. The molecule has 0 atom stereocenters. The van der Waals surface area contributed by atoms with Crippen LogP contribution in [0, 0.1) is 0 Å². The smallest absolute Gasteiger partial charge is 0.275 e. The zero-order valence-corrected chi connectivity index (χ0v) is 23.9. The van der Waals surface area contributed by atoms with Crippen molar-refractivity contribution >= 4 is 52.1 Å². The van der Waals surface area contributed by atoms with Crippen LogP contribution < -0.4 is 10.3 Å². The van der Waals surface area contributed by atoms with Crippen molar-refractivity contribution in [3.05, 3.63) is 83.4 Å². The average molecular weight is 639 g/mol. The number of benzene rings is 2. The maximum Gasteiger partial charge on any atom is 0.275 e. The third-order valence-electron chi connectivity index (χ3n) is 6.99. The summed E-state index contributed by atoms with van der Waals surface area (Å²) in [5, 5.41) is 2.01. The highest BCUT2D eigenvalue weighted by atomic mass is 127. The summed E-state index contributed by atoms with van der Waals surface area (Å²) < 4.78 is 14.9. The first-order valence-electron chi connectivity index (χ1n) is 12.5. The number of rotatable bonds is 7. The van der Waals surface area contributed by atoms with E-state index in [-0.39, 0.29) is 5.56 Å². The molecule has 4 heterocycles. The van der Waals surface area contributed by atoms with Gasteiger partial charge < -0.3 is 14.0 Å². The van der Waals surface area contributed by atoms with E-state index in [9.17, 15) is 4.79 Å². The van der Waals surface area contributed by atoms with Crippen LogP contribution in [0.5, 0.6) is 5.75 Å². The van der Waals surface area contributed by atoms with Gasteiger partial charge in [-0.1, -0.05) is 12.1 Å². The number of aromatic nitrogens is 3. The molecule has 1 saturated heterocycles. The molecule has 7 nitrogen and oxygen atoms in total. The van der Waals surface area contributed by atoms with Crippen LogP contribution in [0.4, 0.5) is 0 Å². The Labute approximate surface area is 237 Å². The standard InChI is InChI=1S/C29H27IN4O3S/c1-32-19-25(24-10-11-34(38-30)28(24)29(32)35)21-4-8-27-22(18-21)5-9-26(31-27)20-2-6-23(7-3-20)37-17-14-33-12-15-36-16-13-33/h2-11,18-19H,12-17H2,1H3. The van der Waals surface area contributed by atoms with Crippen molar-refractivity contribution < 1.29 is 9.47 Å². The maximum absolute atomic E-state index is 12.8. The fourth-order valence-corrected chi connectivity index (χ4v) is 6.25. The summed E-state index contributed by atoms with van der Waals surface area (Å²) in [6.07, 6.45) is 3.86. The lowest BCUT2D eigenvalue weighted by Crippen LogP contribution is -2.38. The largest absolute Gasteiger partial charge is 0.492 e. The normalized spacial score (nSPS) is 14.4. The summed E-state index contributed by atoms with van der Waals surface area (Å²) in [4.78, 5) is 20.1. The van der Waals surface area contributed by atoms with Crippen LogP contribution in [-0.2, 0) is 11.8 Å². The molecule has 194 valence electrons. The Hall–Kier alpha value is -2.86. The van der Waals surface area contributed by atoms with Crippen LogP contribution in [0.25, 0.3) is 44.2 Å². The Kier molecular flexibility index (Phi) is 7.42. The lowest BCUT2D eigenvalue weighted by Gasteiger charge is -2.26. The topological polar surface area (TPSA) is 61.5 Å². The summed E-state index contributed by atoms with van der Waals surface area (Å²) in [5.74, 6) is 0.866. The number of aryl methyl sites for hydroxylation is 1. The van der Waals surface area contributed by atoms with E-state index in [4.69, 9.17) is 14.5 Å². The highest BCUT2D eigenvalue weighted by Gasteiger charge is 2.14. The molecule has 1 aliphatic rings. The molecular formula is C29H27IN4O3S. The molecule has 5 aromatic rings. The monoisotopic (exact) mass is 638 g/mol.